The smallest absolute Gasteiger partial charge is 0.269 e. The Hall–Kier alpha value is -3.59. The van der Waals surface area contributed by atoms with E-state index in [9.17, 15) is 25.0 Å². The van der Waals surface area contributed by atoms with Gasteiger partial charge in [0.2, 0.25) is 0 Å². The first-order valence-corrected chi connectivity index (χ1v) is 8.51. The second kappa shape index (κ2) is 7.57. The molecule has 0 aliphatic carbocycles. The molecule has 1 aliphatic rings. The lowest BCUT2D eigenvalue weighted by molar-refractivity contribution is -0.385. The van der Waals surface area contributed by atoms with Crippen molar-refractivity contribution in [3.63, 3.8) is 0 Å². The van der Waals surface area contributed by atoms with Crippen molar-refractivity contribution in [2.45, 2.75) is 26.1 Å². The van der Waals surface area contributed by atoms with E-state index in [4.69, 9.17) is 0 Å². The Balaban J connectivity index is 1.97. The van der Waals surface area contributed by atoms with Crippen LogP contribution in [0.15, 0.2) is 59.8 Å². The Kier molecular flexibility index (Phi) is 5.18. The number of ketones is 1. The predicted octanol–water partition coefficient (Wildman–Crippen LogP) is 3.30. The second-order valence-corrected chi connectivity index (χ2v) is 6.47. The van der Waals surface area contributed by atoms with Gasteiger partial charge in [0, 0.05) is 35.5 Å². The summed E-state index contributed by atoms with van der Waals surface area (Å²) in [5.74, 6) is -0.122. The highest BCUT2D eigenvalue weighted by atomic mass is 16.6. The average molecular weight is 382 g/mol. The van der Waals surface area contributed by atoms with Crippen LogP contribution in [0, 0.1) is 20.2 Å². The molecular weight excluding hydrogens is 364 g/mol. The lowest BCUT2D eigenvalue weighted by Crippen LogP contribution is -2.43. The first-order chi connectivity index (χ1) is 13.3. The van der Waals surface area contributed by atoms with E-state index in [1.54, 1.807) is 31.2 Å². The average Bonchev–Trinajstić information content (AvgIpc) is 2.67. The van der Waals surface area contributed by atoms with Crippen LogP contribution < -0.4 is 10.6 Å². The maximum atomic E-state index is 12.2. The summed E-state index contributed by atoms with van der Waals surface area (Å²) in [5.41, 5.74) is 2.64. The van der Waals surface area contributed by atoms with E-state index in [0.29, 0.717) is 16.8 Å². The number of allylic oxidation sites excluding steroid dienone is 1. The van der Waals surface area contributed by atoms with E-state index in [2.05, 4.69) is 10.6 Å². The van der Waals surface area contributed by atoms with Crippen LogP contribution in [0.2, 0.25) is 0 Å². The van der Waals surface area contributed by atoms with Gasteiger partial charge in [-0.25, -0.2) is 0 Å². The zero-order valence-electron chi connectivity index (χ0n) is 15.2. The number of nitro benzene ring substituents is 2. The summed E-state index contributed by atoms with van der Waals surface area (Å²) in [6.45, 7) is 3.25. The zero-order chi connectivity index (χ0) is 20.4. The zero-order valence-corrected chi connectivity index (χ0v) is 15.2. The van der Waals surface area contributed by atoms with Gasteiger partial charge >= 0.3 is 0 Å². The lowest BCUT2D eigenvalue weighted by Gasteiger charge is -2.35. The van der Waals surface area contributed by atoms with Crippen LogP contribution in [0.1, 0.15) is 37.2 Å². The fourth-order valence-electron chi connectivity index (χ4n) is 3.29. The molecule has 3 rings (SSSR count). The van der Waals surface area contributed by atoms with Gasteiger partial charge in [0.1, 0.15) is 6.17 Å². The molecule has 0 bridgehead atoms. The van der Waals surface area contributed by atoms with Crippen molar-refractivity contribution in [3.05, 3.63) is 91.2 Å². The maximum absolute atomic E-state index is 12.2. The summed E-state index contributed by atoms with van der Waals surface area (Å²) in [4.78, 5) is 33.0. The number of hydrogen-bond donors (Lipinski definition) is 2. The normalized spacial score (nSPS) is 19.1. The minimum atomic E-state index is -0.480. The molecule has 0 aromatic heterocycles. The van der Waals surface area contributed by atoms with Gasteiger partial charge in [0.05, 0.1) is 15.9 Å². The minimum Gasteiger partial charge on any atom is -0.369 e. The fourth-order valence-corrected chi connectivity index (χ4v) is 3.29. The highest BCUT2D eigenvalue weighted by Crippen LogP contribution is 2.33. The van der Waals surface area contributed by atoms with Crippen LogP contribution in [0.4, 0.5) is 11.4 Å². The van der Waals surface area contributed by atoms with Crippen molar-refractivity contribution in [2.75, 3.05) is 0 Å². The molecule has 0 fully saturated rings. The van der Waals surface area contributed by atoms with Crippen molar-refractivity contribution >= 4 is 17.2 Å². The lowest BCUT2D eigenvalue weighted by atomic mass is 9.91. The molecule has 0 spiro atoms. The molecule has 28 heavy (non-hydrogen) atoms. The van der Waals surface area contributed by atoms with Gasteiger partial charge in [0.15, 0.2) is 5.78 Å². The molecule has 0 saturated heterocycles. The Labute approximate surface area is 160 Å². The number of nitro groups is 2. The molecule has 1 heterocycles. The van der Waals surface area contributed by atoms with E-state index in [1.807, 2.05) is 0 Å². The molecule has 2 N–H and O–H groups in total. The van der Waals surface area contributed by atoms with Crippen molar-refractivity contribution in [2.24, 2.45) is 0 Å². The minimum absolute atomic E-state index is 0.0110. The third-order valence-electron chi connectivity index (χ3n) is 4.64. The molecule has 0 unspecified atom stereocenters. The van der Waals surface area contributed by atoms with Gasteiger partial charge in [-0.1, -0.05) is 12.1 Å². The third-order valence-corrected chi connectivity index (χ3v) is 4.64. The van der Waals surface area contributed by atoms with Crippen molar-refractivity contribution < 1.29 is 14.6 Å². The largest absolute Gasteiger partial charge is 0.369 e. The van der Waals surface area contributed by atoms with E-state index in [0.717, 1.165) is 5.56 Å². The van der Waals surface area contributed by atoms with Crippen LogP contribution in [-0.2, 0) is 4.79 Å². The summed E-state index contributed by atoms with van der Waals surface area (Å²) in [6, 6.07) is 11.7. The van der Waals surface area contributed by atoms with Crippen molar-refractivity contribution in [1.82, 2.24) is 10.6 Å². The molecule has 0 amide bonds. The quantitative estimate of drug-likeness (QED) is 0.600. The summed E-state index contributed by atoms with van der Waals surface area (Å²) in [7, 11) is 0. The molecular formula is C19H18N4O5. The monoisotopic (exact) mass is 382 g/mol. The van der Waals surface area contributed by atoms with Gasteiger partial charge in [0.25, 0.3) is 11.4 Å². The molecule has 2 aromatic rings. The number of hydrogen-bond acceptors (Lipinski definition) is 7. The Morgan fingerprint density at radius 3 is 1.79 bits per heavy atom. The molecule has 1 aliphatic heterocycles. The Morgan fingerprint density at radius 1 is 0.893 bits per heavy atom. The topological polar surface area (TPSA) is 127 Å². The Bertz CT molecular complexity index is 967. The standard InChI is InChI=1S/C19H18N4O5/c1-11-17(12(2)24)18(13-3-7-15(8-4-13)22(25)26)21-19(20-11)14-5-9-16(10-6-14)23(27)28/h3-10,18-21H,1-2H3/t18-,19-/m0/s1. The molecule has 0 radical (unpaired) electrons. The number of carbonyl (C=O) groups excluding carboxylic acids is 1. The number of Topliss-reactive ketones (excluding diaryl/α,β-unsaturated/α-hetero) is 1. The van der Waals surface area contributed by atoms with E-state index in [1.165, 1.54) is 31.2 Å². The highest BCUT2D eigenvalue weighted by molar-refractivity contribution is 5.95. The van der Waals surface area contributed by atoms with Crippen LogP contribution in [0.3, 0.4) is 0 Å². The van der Waals surface area contributed by atoms with Crippen LogP contribution in [0.5, 0.6) is 0 Å². The highest BCUT2D eigenvalue weighted by Gasteiger charge is 2.31. The van der Waals surface area contributed by atoms with Crippen LogP contribution in [0.25, 0.3) is 0 Å². The first kappa shape index (κ1) is 19.2. The van der Waals surface area contributed by atoms with Gasteiger partial charge in [-0.2, -0.15) is 0 Å². The SMILES string of the molecule is CC(=O)C1=C(C)N[C@H](c2ccc([N+](=O)[O-])cc2)N[C@H]1c1ccc([N+](=O)[O-])cc1. The van der Waals surface area contributed by atoms with Crippen LogP contribution in [-0.4, -0.2) is 15.6 Å². The van der Waals surface area contributed by atoms with E-state index in [-0.39, 0.29) is 23.3 Å². The van der Waals surface area contributed by atoms with Crippen molar-refractivity contribution in [1.29, 1.82) is 0 Å². The predicted molar refractivity (Wildman–Crippen MR) is 101 cm³/mol. The fraction of sp³-hybridized carbons (Fsp3) is 0.211. The second-order valence-electron chi connectivity index (χ2n) is 6.47. The molecule has 9 nitrogen and oxygen atoms in total. The van der Waals surface area contributed by atoms with Crippen molar-refractivity contribution in [3.8, 4) is 0 Å². The molecule has 9 heteroatoms. The summed E-state index contributed by atoms with van der Waals surface area (Å²) in [6.07, 6.45) is -0.385. The molecule has 2 atom stereocenters. The maximum Gasteiger partial charge on any atom is 0.269 e. The molecule has 2 aromatic carbocycles. The summed E-state index contributed by atoms with van der Waals surface area (Å²) >= 11 is 0. The summed E-state index contributed by atoms with van der Waals surface area (Å²) in [5, 5.41) is 28.3. The van der Waals surface area contributed by atoms with Gasteiger partial charge in [-0.15, -0.1) is 0 Å². The number of rotatable bonds is 5. The Morgan fingerprint density at radius 2 is 1.36 bits per heavy atom. The number of carbonyl (C=O) groups is 1. The first-order valence-electron chi connectivity index (χ1n) is 8.51. The van der Waals surface area contributed by atoms with Gasteiger partial charge in [-0.05, 0) is 37.1 Å². The van der Waals surface area contributed by atoms with E-state index >= 15 is 0 Å². The van der Waals surface area contributed by atoms with E-state index < -0.39 is 15.9 Å². The van der Waals surface area contributed by atoms with Crippen LogP contribution >= 0.6 is 0 Å². The van der Waals surface area contributed by atoms with Gasteiger partial charge < -0.3 is 5.32 Å². The molecule has 144 valence electrons. The van der Waals surface area contributed by atoms with Gasteiger partial charge in [-0.3, -0.25) is 30.3 Å². The number of non-ortho nitro benzene ring substituents is 2. The number of benzene rings is 2. The third kappa shape index (κ3) is 3.74. The molecule has 0 saturated carbocycles. The summed E-state index contributed by atoms with van der Waals surface area (Å²) < 4.78 is 0. The number of nitrogens with one attached hydrogen (secondary N) is 2. The number of nitrogens with zero attached hydrogens (tertiary/aromatic N) is 2.